The highest BCUT2D eigenvalue weighted by Crippen LogP contribution is 2.13. The highest BCUT2D eigenvalue weighted by molar-refractivity contribution is 6.03. The number of carbonyl (C=O) groups is 1. The van der Waals surface area contributed by atoms with Crippen LogP contribution in [0.15, 0.2) is 36.4 Å². The van der Waals surface area contributed by atoms with Crippen LogP contribution < -0.4 is 10.6 Å². The van der Waals surface area contributed by atoms with E-state index < -0.39 is 0 Å². The van der Waals surface area contributed by atoms with Crippen LogP contribution in [0.4, 0.5) is 16.0 Å². The number of ether oxygens (including phenoxy) is 1. The highest BCUT2D eigenvalue weighted by atomic mass is 19.1. The first kappa shape index (κ1) is 15.4. The SMILES string of the molecule is O=C(Nc1ccc(NCC2CCCO2)nn1)c1ccc(F)cc1. The Kier molecular flexibility index (Phi) is 4.77. The predicted molar refractivity (Wildman–Crippen MR) is 83.8 cm³/mol. The summed E-state index contributed by atoms with van der Waals surface area (Å²) in [7, 11) is 0. The first-order chi connectivity index (χ1) is 11.2. The lowest BCUT2D eigenvalue weighted by Crippen LogP contribution is -2.19. The fourth-order valence-electron chi connectivity index (χ4n) is 2.31. The van der Waals surface area contributed by atoms with Crippen molar-refractivity contribution >= 4 is 17.5 Å². The average Bonchev–Trinajstić information content (AvgIpc) is 3.08. The summed E-state index contributed by atoms with van der Waals surface area (Å²) in [4.78, 5) is 12.0. The molecule has 0 saturated carbocycles. The summed E-state index contributed by atoms with van der Waals surface area (Å²) in [6.45, 7) is 1.50. The second-order valence-electron chi connectivity index (χ2n) is 5.28. The molecular formula is C16H17FN4O2. The summed E-state index contributed by atoms with van der Waals surface area (Å²) in [5.41, 5.74) is 0.355. The molecule has 0 radical (unpaired) electrons. The maximum Gasteiger partial charge on any atom is 0.256 e. The van der Waals surface area contributed by atoms with E-state index in [1.165, 1.54) is 24.3 Å². The van der Waals surface area contributed by atoms with Gasteiger partial charge in [0.2, 0.25) is 0 Å². The summed E-state index contributed by atoms with van der Waals surface area (Å²) in [6, 6.07) is 8.69. The molecule has 120 valence electrons. The van der Waals surface area contributed by atoms with Crippen molar-refractivity contribution in [3.05, 3.63) is 47.8 Å². The normalized spacial score (nSPS) is 17.0. The maximum absolute atomic E-state index is 12.8. The molecule has 1 unspecified atom stereocenters. The standard InChI is InChI=1S/C16H17FN4O2/c17-12-5-3-11(4-6-12)16(22)19-15-8-7-14(20-21-15)18-10-13-2-1-9-23-13/h3-8,13H,1-2,9-10H2,(H,18,20)(H,19,21,22). The van der Waals surface area contributed by atoms with E-state index in [4.69, 9.17) is 4.74 Å². The Labute approximate surface area is 133 Å². The highest BCUT2D eigenvalue weighted by Gasteiger charge is 2.15. The molecule has 1 atom stereocenters. The van der Waals surface area contributed by atoms with Gasteiger partial charge in [0.05, 0.1) is 6.10 Å². The lowest BCUT2D eigenvalue weighted by molar-refractivity contribution is 0.102. The molecule has 2 heterocycles. The summed E-state index contributed by atoms with van der Waals surface area (Å²) >= 11 is 0. The van der Waals surface area contributed by atoms with E-state index in [2.05, 4.69) is 20.8 Å². The third kappa shape index (κ3) is 4.23. The number of carbonyl (C=O) groups excluding carboxylic acids is 1. The lowest BCUT2D eigenvalue weighted by Gasteiger charge is -2.11. The van der Waals surface area contributed by atoms with Gasteiger partial charge in [0.25, 0.3) is 5.91 Å². The first-order valence-electron chi connectivity index (χ1n) is 7.47. The number of amides is 1. The van der Waals surface area contributed by atoms with Crippen LogP contribution in [0.5, 0.6) is 0 Å². The summed E-state index contributed by atoms with van der Waals surface area (Å²) in [5.74, 6) is 0.213. The molecule has 1 saturated heterocycles. The van der Waals surface area contributed by atoms with E-state index in [1.54, 1.807) is 12.1 Å². The number of anilines is 2. The van der Waals surface area contributed by atoms with Crippen molar-refractivity contribution < 1.29 is 13.9 Å². The van der Waals surface area contributed by atoms with Crippen LogP contribution >= 0.6 is 0 Å². The van der Waals surface area contributed by atoms with Crippen molar-refractivity contribution in [2.45, 2.75) is 18.9 Å². The molecular weight excluding hydrogens is 299 g/mol. The Morgan fingerprint density at radius 2 is 1.91 bits per heavy atom. The van der Waals surface area contributed by atoms with Crippen molar-refractivity contribution in [2.75, 3.05) is 23.8 Å². The van der Waals surface area contributed by atoms with E-state index in [0.717, 1.165) is 19.4 Å². The van der Waals surface area contributed by atoms with Gasteiger partial charge in [0, 0.05) is 18.7 Å². The topological polar surface area (TPSA) is 76.1 Å². The third-order valence-electron chi connectivity index (χ3n) is 3.55. The van der Waals surface area contributed by atoms with Gasteiger partial charge >= 0.3 is 0 Å². The van der Waals surface area contributed by atoms with Gasteiger partial charge < -0.3 is 15.4 Å². The van der Waals surface area contributed by atoms with Gasteiger partial charge in [0.1, 0.15) is 11.6 Å². The fraction of sp³-hybridized carbons (Fsp3) is 0.312. The van der Waals surface area contributed by atoms with Crippen molar-refractivity contribution in [1.82, 2.24) is 10.2 Å². The Hall–Kier alpha value is -2.54. The van der Waals surface area contributed by atoms with Crippen LogP contribution in [-0.2, 0) is 4.74 Å². The van der Waals surface area contributed by atoms with Crippen LogP contribution in [-0.4, -0.2) is 35.4 Å². The molecule has 3 rings (SSSR count). The first-order valence-corrected chi connectivity index (χ1v) is 7.47. The minimum atomic E-state index is -0.386. The Bertz CT molecular complexity index is 655. The van der Waals surface area contributed by atoms with Gasteiger partial charge in [-0.2, -0.15) is 0 Å². The van der Waals surface area contributed by atoms with Gasteiger partial charge in [-0.25, -0.2) is 4.39 Å². The van der Waals surface area contributed by atoms with Crippen LogP contribution in [0.2, 0.25) is 0 Å². The zero-order valence-electron chi connectivity index (χ0n) is 12.5. The monoisotopic (exact) mass is 316 g/mol. The molecule has 1 amide bonds. The van der Waals surface area contributed by atoms with Gasteiger partial charge in [-0.15, -0.1) is 10.2 Å². The zero-order chi connectivity index (χ0) is 16.1. The summed E-state index contributed by atoms with van der Waals surface area (Å²) < 4.78 is 18.4. The molecule has 0 bridgehead atoms. The summed E-state index contributed by atoms with van der Waals surface area (Å²) in [5, 5.41) is 13.7. The van der Waals surface area contributed by atoms with Gasteiger partial charge in [0.15, 0.2) is 5.82 Å². The molecule has 7 heteroatoms. The number of hydrogen-bond acceptors (Lipinski definition) is 5. The molecule has 1 aromatic heterocycles. The number of rotatable bonds is 5. The van der Waals surface area contributed by atoms with E-state index in [9.17, 15) is 9.18 Å². The second kappa shape index (κ2) is 7.15. The number of nitrogens with zero attached hydrogens (tertiary/aromatic N) is 2. The quantitative estimate of drug-likeness (QED) is 0.886. The van der Waals surface area contributed by atoms with Crippen LogP contribution in [0, 0.1) is 5.82 Å². The Balaban J connectivity index is 1.54. The van der Waals surface area contributed by atoms with E-state index in [0.29, 0.717) is 23.7 Å². The van der Waals surface area contributed by atoms with Gasteiger partial charge in [-0.3, -0.25) is 4.79 Å². The van der Waals surface area contributed by atoms with E-state index in [1.807, 2.05) is 0 Å². The molecule has 23 heavy (non-hydrogen) atoms. The van der Waals surface area contributed by atoms with Crippen molar-refractivity contribution in [3.63, 3.8) is 0 Å². The molecule has 0 aliphatic carbocycles. The second-order valence-corrected chi connectivity index (χ2v) is 5.28. The molecule has 1 aliphatic rings. The van der Waals surface area contributed by atoms with Crippen molar-refractivity contribution in [3.8, 4) is 0 Å². The minimum absolute atomic E-state index is 0.217. The van der Waals surface area contributed by atoms with Crippen molar-refractivity contribution in [1.29, 1.82) is 0 Å². The average molecular weight is 316 g/mol. The van der Waals surface area contributed by atoms with Crippen LogP contribution in [0.1, 0.15) is 23.2 Å². The lowest BCUT2D eigenvalue weighted by atomic mass is 10.2. The Morgan fingerprint density at radius 1 is 1.17 bits per heavy atom. The van der Waals surface area contributed by atoms with E-state index in [-0.39, 0.29) is 17.8 Å². The summed E-state index contributed by atoms with van der Waals surface area (Å²) in [6.07, 6.45) is 2.35. The predicted octanol–water partition coefficient (Wildman–Crippen LogP) is 2.46. The third-order valence-corrected chi connectivity index (χ3v) is 3.55. The Morgan fingerprint density at radius 3 is 2.57 bits per heavy atom. The molecule has 1 aliphatic heterocycles. The van der Waals surface area contributed by atoms with Gasteiger partial charge in [-0.1, -0.05) is 0 Å². The number of halogens is 1. The number of nitrogens with one attached hydrogen (secondary N) is 2. The molecule has 1 fully saturated rings. The van der Waals surface area contributed by atoms with Crippen molar-refractivity contribution in [2.24, 2.45) is 0 Å². The maximum atomic E-state index is 12.8. The van der Waals surface area contributed by atoms with Crippen LogP contribution in [0.3, 0.4) is 0 Å². The molecule has 2 N–H and O–H groups in total. The smallest absolute Gasteiger partial charge is 0.256 e. The number of aromatic nitrogens is 2. The van der Waals surface area contributed by atoms with E-state index >= 15 is 0 Å². The van der Waals surface area contributed by atoms with Gasteiger partial charge in [-0.05, 0) is 49.2 Å². The molecule has 0 spiro atoms. The zero-order valence-corrected chi connectivity index (χ0v) is 12.5. The molecule has 2 aromatic rings. The number of hydrogen-bond donors (Lipinski definition) is 2. The minimum Gasteiger partial charge on any atom is -0.376 e. The number of benzene rings is 1. The fourth-order valence-corrected chi connectivity index (χ4v) is 2.31. The molecule has 6 nitrogen and oxygen atoms in total. The molecule has 1 aromatic carbocycles. The van der Waals surface area contributed by atoms with Crippen LogP contribution in [0.25, 0.3) is 0 Å². The largest absolute Gasteiger partial charge is 0.376 e.